The highest BCUT2D eigenvalue weighted by molar-refractivity contribution is 8.00. The quantitative estimate of drug-likeness (QED) is 0.818. The SMILES string of the molecule is CCC1CN(c2ccc(N)c(N)n2)CCS1. The molecule has 0 radical (unpaired) electrons. The van der Waals surface area contributed by atoms with Crippen LogP contribution < -0.4 is 16.4 Å². The smallest absolute Gasteiger partial charge is 0.149 e. The first kappa shape index (κ1) is 11.4. The number of pyridine rings is 1. The fraction of sp³-hybridized carbons (Fsp3) is 0.545. The van der Waals surface area contributed by atoms with Crippen LogP contribution in [0.2, 0.25) is 0 Å². The topological polar surface area (TPSA) is 68.2 Å². The van der Waals surface area contributed by atoms with Crippen molar-refractivity contribution >= 4 is 29.1 Å². The Bertz CT molecular complexity index is 369. The molecule has 1 atom stereocenters. The van der Waals surface area contributed by atoms with E-state index < -0.39 is 0 Å². The number of aromatic nitrogens is 1. The maximum atomic E-state index is 5.73. The molecule has 1 aromatic heterocycles. The van der Waals surface area contributed by atoms with E-state index >= 15 is 0 Å². The Balaban J connectivity index is 2.13. The third-order valence-corrected chi connectivity index (χ3v) is 4.23. The van der Waals surface area contributed by atoms with Gasteiger partial charge < -0.3 is 16.4 Å². The largest absolute Gasteiger partial charge is 0.396 e. The molecule has 1 aromatic rings. The minimum absolute atomic E-state index is 0.434. The molecule has 0 bridgehead atoms. The van der Waals surface area contributed by atoms with Crippen molar-refractivity contribution in [1.82, 2.24) is 4.98 Å². The zero-order chi connectivity index (χ0) is 11.5. The van der Waals surface area contributed by atoms with Crippen LogP contribution in [0.1, 0.15) is 13.3 Å². The van der Waals surface area contributed by atoms with Gasteiger partial charge >= 0.3 is 0 Å². The van der Waals surface area contributed by atoms with Crippen LogP contribution in [0.15, 0.2) is 12.1 Å². The number of hydrogen-bond acceptors (Lipinski definition) is 5. The monoisotopic (exact) mass is 238 g/mol. The molecule has 1 aliphatic heterocycles. The zero-order valence-corrected chi connectivity index (χ0v) is 10.3. The fourth-order valence-corrected chi connectivity index (χ4v) is 3.01. The van der Waals surface area contributed by atoms with Crippen LogP contribution in [0, 0.1) is 0 Å². The van der Waals surface area contributed by atoms with E-state index in [4.69, 9.17) is 11.5 Å². The molecule has 0 aromatic carbocycles. The minimum atomic E-state index is 0.434. The third kappa shape index (κ3) is 2.35. The van der Waals surface area contributed by atoms with E-state index in [1.165, 1.54) is 6.42 Å². The molecule has 2 heterocycles. The molecule has 0 saturated carbocycles. The van der Waals surface area contributed by atoms with Crippen molar-refractivity contribution in [2.24, 2.45) is 0 Å². The predicted molar refractivity (Wildman–Crippen MR) is 71.8 cm³/mol. The highest BCUT2D eigenvalue weighted by Gasteiger charge is 2.20. The van der Waals surface area contributed by atoms with Crippen molar-refractivity contribution in [2.75, 3.05) is 35.2 Å². The van der Waals surface area contributed by atoms with Gasteiger partial charge in [-0.15, -0.1) is 0 Å². The van der Waals surface area contributed by atoms with E-state index in [1.807, 2.05) is 23.9 Å². The Kier molecular flexibility index (Phi) is 3.43. The molecule has 88 valence electrons. The van der Waals surface area contributed by atoms with Crippen LogP contribution in [0.3, 0.4) is 0 Å². The molecule has 5 heteroatoms. The van der Waals surface area contributed by atoms with Crippen molar-refractivity contribution in [2.45, 2.75) is 18.6 Å². The molecular formula is C11H18N4S. The molecule has 4 nitrogen and oxygen atoms in total. The van der Waals surface area contributed by atoms with Gasteiger partial charge in [0.2, 0.25) is 0 Å². The summed E-state index contributed by atoms with van der Waals surface area (Å²) in [6.45, 7) is 4.32. The highest BCUT2D eigenvalue weighted by Crippen LogP contribution is 2.26. The van der Waals surface area contributed by atoms with Gasteiger partial charge in [0.25, 0.3) is 0 Å². The lowest BCUT2D eigenvalue weighted by molar-refractivity contribution is 0.720. The number of thioether (sulfide) groups is 1. The summed E-state index contributed by atoms with van der Waals surface area (Å²) in [4.78, 5) is 6.63. The van der Waals surface area contributed by atoms with Crippen LogP contribution in [0.25, 0.3) is 0 Å². The van der Waals surface area contributed by atoms with Gasteiger partial charge in [0, 0.05) is 24.1 Å². The highest BCUT2D eigenvalue weighted by atomic mass is 32.2. The minimum Gasteiger partial charge on any atom is -0.396 e. The molecule has 1 saturated heterocycles. The van der Waals surface area contributed by atoms with E-state index in [-0.39, 0.29) is 0 Å². The van der Waals surface area contributed by atoms with Gasteiger partial charge in [-0.2, -0.15) is 11.8 Å². The summed E-state index contributed by atoms with van der Waals surface area (Å²) in [6, 6.07) is 3.79. The molecular weight excluding hydrogens is 220 g/mol. The standard InChI is InChI=1S/C11H18N4S/c1-2-8-7-15(5-6-16-8)10-4-3-9(12)11(13)14-10/h3-4,8H,2,5-7,12H2,1H3,(H2,13,14). The second-order valence-corrected chi connectivity index (χ2v) is 5.40. The van der Waals surface area contributed by atoms with Crippen LogP contribution in [-0.2, 0) is 0 Å². The number of rotatable bonds is 2. The summed E-state index contributed by atoms with van der Waals surface area (Å²) in [7, 11) is 0. The lowest BCUT2D eigenvalue weighted by Gasteiger charge is -2.32. The number of anilines is 3. The van der Waals surface area contributed by atoms with Crippen LogP contribution in [-0.4, -0.2) is 29.1 Å². The Morgan fingerprint density at radius 2 is 2.31 bits per heavy atom. The van der Waals surface area contributed by atoms with E-state index in [0.717, 1.165) is 24.7 Å². The number of nitrogen functional groups attached to an aromatic ring is 2. The molecule has 0 amide bonds. The van der Waals surface area contributed by atoms with Gasteiger partial charge in [-0.1, -0.05) is 6.92 Å². The summed E-state index contributed by atoms with van der Waals surface area (Å²) in [5.74, 6) is 2.54. The Morgan fingerprint density at radius 1 is 1.50 bits per heavy atom. The van der Waals surface area contributed by atoms with Gasteiger partial charge in [0.1, 0.15) is 11.6 Å². The van der Waals surface area contributed by atoms with Gasteiger partial charge in [-0.3, -0.25) is 0 Å². The molecule has 1 unspecified atom stereocenters. The van der Waals surface area contributed by atoms with Gasteiger partial charge in [-0.25, -0.2) is 4.98 Å². The maximum Gasteiger partial charge on any atom is 0.149 e. The van der Waals surface area contributed by atoms with Crippen molar-refractivity contribution < 1.29 is 0 Å². The number of hydrogen-bond donors (Lipinski definition) is 2. The lowest BCUT2D eigenvalue weighted by Crippen LogP contribution is -2.38. The second kappa shape index (κ2) is 4.82. The molecule has 0 aliphatic carbocycles. The van der Waals surface area contributed by atoms with Crippen LogP contribution >= 0.6 is 11.8 Å². The van der Waals surface area contributed by atoms with Crippen LogP contribution in [0.4, 0.5) is 17.3 Å². The first-order valence-electron chi connectivity index (χ1n) is 5.59. The normalized spacial score (nSPS) is 21.1. The summed E-state index contributed by atoms with van der Waals surface area (Å²) >= 11 is 2.04. The van der Waals surface area contributed by atoms with Crippen LogP contribution in [0.5, 0.6) is 0 Å². The predicted octanol–water partition coefficient (Wildman–Crippen LogP) is 1.58. The molecule has 16 heavy (non-hydrogen) atoms. The number of nitrogens with two attached hydrogens (primary N) is 2. The second-order valence-electron chi connectivity index (χ2n) is 3.99. The van der Waals surface area contributed by atoms with Crippen molar-refractivity contribution in [1.29, 1.82) is 0 Å². The summed E-state index contributed by atoms with van der Waals surface area (Å²) in [6.07, 6.45) is 1.20. The fourth-order valence-electron chi connectivity index (χ4n) is 1.83. The van der Waals surface area contributed by atoms with E-state index in [1.54, 1.807) is 0 Å². The van der Waals surface area contributed by atoms with Gasteiger partial charge in [0.15, 0.2) is 0 Å². The Hall–Kier alpha value is -1.10. The average Bonchev–Trinajstić information content (AvgIpc) is 2.33. The molecule has 1 fully saturated rings. The molecule has 0 spiro atoms. The van der Waals surface area contributed by atoms with E-state index in [2.05, 4.69) is 16.8 Å². The molecule has 4 N–H and O–H groups in total. The summed E-state index contributed by atoms with van der Waals surface area (Å²) in [5, 5.41) is 0.703. The van der Waals surface area contributed by atoms with Crippen molar-refractivity contribution in [3.63, 3.8) is 0 Å². The van der Waals surface area contributed by atoms with Crippen molar-refractivity contribution in [3.8, 4) is 0 Å². The Morgan fingerprint density at radius 3 is 3.00 bits per heavy atom. The van der Waals surface area contributed by atoms with E-state index in [0.29, 0.717) is 16.8 Å². The maximum absolute atomic E-state index is 5.73. The first-order valence-corrected chi connectivity index (χ1v) is 6.64. The van der Waals surface area contributed by atoms with E-state index in [9.17, 15) is 0 Å². The zero-order valence-electron chi connectivity index (χ0n) is 9.52. The summed E-state index contributed by atoms with van der Waals surface area (Å²) < 4.78 is 0. The number of nitrogens with zero attached hydrogens (tertiary/aromatic N) is 2. The third-order valence-electron chi connectivity index (χ3n) is 2.86. The van der Waals surface area contributed by atoms with Gasteiger partial charge in [0.05, 0.1) is 5.69 Å². The molecule has 2 rings (SSSR count). The lowest BCUT2D eigenvalue weighted by atomic mass is 10.3. The van der Waals surface area contributed by atoms with Crippen molar-refractivity contribution in [3.05, 3.63) is 12.1 Å². The first-order chi connectivity index (χ1) is 7.70. The molecule has 1 aliphatic rings. The Labute approximate surface area is 100 Å². The van der Waals surface area contributed by atoms with Gasteiger partial charge in [-0.05, 0) is 18.6 Å². The average molecular weight is 238 g/mol. The summed E-state index contributed by atoms with van der Waals surface area (Å²) in [5.41, 5.74) is 11.9.